The number of nitrogens with zero attached hydrogens (tertiary/aromatic N) is 3. The monoisotopic (exact) mass is 472 g/mol. The van der Waals surface area contributed by atoms with E-state index >= 15 is 0 Å². The van der Waals surface area contributed by atoms with Crippen molar-refractivity contribution in [3.63, 3.8) is 0 Å². The SMILES string of the molecule is COc1ccc(/C=N/Nc2nc(-c3ccc(S(=O)(=O)N4CCCC4)cc3)cs2)cc1OC. The van der Waals surface area contributed by atoms with Crippen LogP contribution in [-0.2, 0) is 10.0 Å². The zero-order chi connectivity index (χ0) is 22.6. The van der Waals surface area contributed by atoms with Crippen molar-refractivity contribution < 1.29 is 17.9 Å². The molecule has 0 atom stereocenters. The Hall–Kier alpha value is -2.95. The van der Waals surface area contributed by atoms with E-state index in [9.17, 15) is 8.42 Å². The molecule has 1 aromatic heterocycles. The Morgan fingerprint density at radius 3 is 2.47 bits per heavy atom. The van der Waals surface area contributed by atoms with E-state index in [1.807, 2.05) is 23.6 Å². The van der Waals surface area contributed by atoms with Crippen molar-refractivity contribution in [2.45, 2.75) is 17.7 Å². The largest absolute Gasteiger partial charge is 0.493 e. The molecule has 1 saturated heterocycles. The van der Waals surface area contributed by atoms with Gasteiger partial charge in [0.05, 0.1) is 31.0 Å². The Kier molecular flexibility index (Phi) is 6.73. The van der Waals surface area contributed by atoms with Crippen LogP contribution in [0.5, 0.6) is 11.5 Å². The maximum absolute atomic E-state index is 12.7. The van der Waals surface area contributed by atoms with Crippen molar-refractivity contribution in [2.75, 3.05) is 32.7 Å². The first-order valence-corrected chi connectivity index (χ1v) is 12.4. The molecule has 8 nitrogen and oxygen atoms in total. The average molecular weight is 473 g/mol. The Balaban J connectivity index is 1.42. The van der Waals surface area contributed by atoms with Crippen LogP contribution in [0, 0.1) is 0 Å². The number of aromatic nitrogens is 1. The number of ether oxygens (including phenoxy) is 2. The fourth-order valence-electron chi connectivity index (χ4n) is 3.43. The van der Waals surface area contributed by atoms with Gasteiger partial charge in [0.15, 0.2) is 11.5 Å². The molecule has 1 fully saturated rings. The van der Waals surface area contributed by atoms with E-state index in [2.05, 4.69) is 15.5 Å². The van der Waals surface area contributed by atoms with Crippen LogP contribution in [0.25, 0.3) is 11.3 Å². The first kappa shape index (κ1) is 22.3. The molecule has 0 radical (unpaired) electrons. The van der Waals surface area contributed by atoms with E-state index in [0.29, 0.717) is 34.6 Å². The van der Waals surface area contributed by atoms with Crippen molar-refractivity contribution in [3.8, 4) is 22.8 Å². The highest BCUT2D eigenvalue weighted by molar-refractivity contribution is 7.89. The van der Waals surface area contributed by atoms with Crippen molar-refractivity contribution in [3.05, 3.63) is 53.4 Å². The molecular formula is C22H24N4O4S2. The Bertz CT molecular complexity index is 1200. The molecule has 168 valence electrons. The molecule has 32 heavy (non-hydrogen) atoms. The van der Waals surface area contributed by atoms with Crippen LogP contribution in [0.3, 0.4) is 0 Å². The maximum Gasteiger partial charge on any atom is 0.243 e. The molecule has 1 aliphatic heterocycles. The van der Waals surface area contributed by atoms with Gasteiger partial charge in [-0.25, -0.2) is 13.4 Å². The number of thiazole rings is 1. The molecule has 0 aliphatic carbocycles. The molecule has 3 aromatic rings. The predicted molar refractivity (Wildman–Crippen MR) is 126 cm³/mol. The molecule has 10 heteroatoms. The molecular weight excluding hydrogens is 448 g/mol. The summed E-state index contributed by atoms with van der Waals surface area (Å²) < 4.78 is 37.4. The van der Waals surface area contributed by atoms with Gasteiger partial charge < -0.3 is 9.47 Å². The van der Waals surface area contributed by atoms with Crippen molar-refractivity contribution in [1.29, 1.82) is 0 Å². The van der Waals surface area contributed by atoms with Crippen LogP contribution in [0.4, 0.5) is 5.13 Å². The van der Waals surface area contributed by atoms with Gasteiger partial charge in [-0.2, -0.15) is 9.41 Å². The first-order valence-electron chi connectivity index (χ1n) is 10.1. The Morgan fingerprint density at radius 1 is 1.06 bits per heavy atom. The lowest BCUT2D eigenvalue weighted by atomic mass is 10.2. The van der Waals surface area contributed by atoms with Gasteiger partial charge in [0, 0.05) is 24.0 Å². The van der Waals surface area contributed by atoms with Gasteiger partial charge in [0.2, 0.25) is 15.2 Å². The van der Waals surface area contributed by atoms with Crippen LogP contribution in [-0.4, -0.2) is 51.2 Å². The van der Waals surface area contributed by atoms with Crippen LogP contribution >= 0.6 is 11.3 Å². The molecule has 2 heterocycles. The third kappa shape index (κ3) is 4.77. The minimum absolute atomic E-state index is 0.316. The topological polar surface area (TPSA) is 93.1 Å². The highest BCUT2D eigenvalue weighted by atomic mass is 32.2. The first-order chi connectivity index (χ1) is 15.5. The molecule has 0 bridgehead atoms. The molecule has 0 saturated carbocycles. The van der Waals surface area contributed by atoms with Crippen LogP contribution < -0.4 is 14.9 Å². The summed E-state index contributed by atoms with van der Waals surface area (Å²) in [5.74, 6) is 1.28. The lowest BCUT2D eigenvalue weighted by molar-refractivity contribution is 0.355. The standard InChI is InChI=1S/C22H24N4O4S2/c1-29-20-10-5-16(13-21(20)30-2)14-23-25-22-24-19(15-31-22)17-6-8-18(9-7-17)32(27,28)26-11-3-4-12-26/h5-10,13-15H,3-4,11-12H2,1-2H3,(H,24,25)/b23-14+. The normalized spacial score (nSPS) is 14.7. The summed E-state index contributed by atoms with van der Waals surface area (Å²) in [6, 6.07) is 12.4. The number of hydrogen-bond acceptors (Lipinski definition) is 8. The van der Waals surface area contributed by atoms with Gasteiger partial charge in [-0.05, 0) is 48.7 Å². The van der Waals surface area contributed by atoms with Crippen molar-refractivity contribution >= 4 is 32.7 Å². The van der Waals surface area contributed by atoms with Gasteiger partial charge in [-0.1, -0.05) is 12.1 Å². The quantitative estimate of drug-likeness (QED) is 0.393. The summed E-state index contributed by atoms with van der Waals surface area (Å²) >= 11 is 1.42. The molecule has 2 aromatic carbocycles. The molecule has 1 N–H and O–H groups in total. The lowest BCUT2D eigenvalue weighted by Gasteiger charge is -2.15. The Morgan fingerprint density at radius 2 is 1.78 bits per heavy atom. The summed E-state index contributed by atoms with van der Waals surface area (Å²) in [6.45, 7) is 1.18. The fourth-order valence-corrected chi connectivity index (χ4v) is 5.61. The zero-order valence-corrected chi connectivity index (χ0v) is 19.4. The number of rotatable bonds is 8. The summed E-state index contributed by atoms with van der Waals surface area (Å²) in [7, 11) is -0.237. The van der Waals surface area contributed by atoms with Gasteiger partial charge in [-0.15, -0.1) is 11.3 Å². The second kappa shape index (κ2) is 9.68. The lowest BCUT2D eigenvalue weighted by Crippen LogP contribution is -2.27. The minimum Gasteiger partial charge on any atom is -0.493 e. The predicted octanol–water partition coefficient (Wildman–Crippen LogP) is 4.06. The van der Waals surface area contributed by atoms with Crippen LogP contribution in [0.2, 0.25) is 0 Å². The number of sulfonamides is 1. The number of hydrogen-bond donors (Lipinski definition) is 1. The van der Waals surface area contributed by atoms with E-state index in [-0.39, 0.29) is 0 Å². The van der Waals surface area contributed by atoms with E-state index < -0.39 is 10.0 Å². The van der Waals surface area contributed by atoms with Gasteiger partial charge >= 0.3 is 0 Å². The van der Waals surface area contributed by atoms with Gasteiger partial charge in [0.25, 0.3) is 0 Å². The average Bonchev–Trinajstić information content (AvgIpc) is 3.52. The van der Waals surface area contributed by atoms with Gasteiger partial charge in [-0.3, -0.25) is 5.43 Å². The number of hydrazone groups is 1. The maximum atomic E-state index is 12.7. The number of benzene rings is 2. The minimum atomic E-state index is -3.41. The van der Waals surface area contributed by atoms with Gasteiger partial charge in [0.1, 0.15) is 0 Å². The second-order valence-corrected chi connectivity index (χ2v) is 9.95. The van der Waals surface area contributed by atoms with E-state index in [0.717, 1.165) is 29.7 Å². The second-order valence-electron chi connectivity index (χ2n) is 7.16. The number of anilines is 1. The summed E-state index contributed by atoms with van der Waals surface area (Å²) in [4.78, 5) is 4.85. The van der Waals surface area contributed by atoms with Crippen LogP contribution in [0.1, 0.15) is 18.4 Å². The summed E-state index contributed by atoms with van der Waals surface area (Å²) in [6.07, 6.45) is 3.50. The molecule has 0 amide bonds. The van der Waals surface area contributed by atoms with E-state index in [1.165, 1.54) is 11.3 Å². The third-order valence-corrected chi connectivity index (χ3v) is 7.80. The molecule has 0 unspecified atom stereocenters. The van der Waals surface area contributed by atoms with E-state index in [1.54, 1.807) is 49.0 Å². The third-order valence-electron chi connectivity index (χ3n) is 5.14. The fraction of sp³-hybridized carbons (Fsp3) is 0.273. The highest BCUT2D eigenvalue weighted by Crippen LogP contribution is 2.28. The van der Waals surface area contributed by atoms with Crippen molar-refractivity contribution in [1.82, 2.24) is 9.29 Å². The van der Waals surface area contributed by atoms with Crippen molar-refractivity contribution in [2.24, 2.45) is 5.10 Å². The zero-order valence-electron chi connectivity index (χ0n) is 17.8. The molecule has 4 rings (SSSR count). The number of methoxy groups -OCH3 is 2. The Labute approximate surface area is 191 Å². The molecule has 0 spiro atoms. The summed E-state index contributed by atoms with van der Waals surface area (Å²) in [5, 5.41) is 6.76. The number of nitrogens with one attached hydrogen (secondary N) is 1. The van der Waals surface area contributed by atoms with E-state index in [4.69, 9.17) is 9.47 Å². The highest BCUT2D eigenvalue weighted by Gasteiger charge is 2.27. The molecule has 1 aliphatic rings. The smallest absolute Gasteiger partial charge is 0.243 e. The van der Waals surface area contributed by atoms with Crippen LogP contribution in [0.15, 0.2) is 57.8 Å². The summed E-state index contributed by atoms with van der Waals surface area (Å²) in [5.41, 5.74) is 5.37.